The van der Waals surface area contributed by atoms with E-state index < -0.39 is 5.76 Å². The molecule has 0 saturated heterocycles. The summed E-state index contributed by atoms with van der Waals surface area (Å²) in [5.74, 6) is -0.412. The van der Waals surface area contributed by atoms with Gasteiger partial charge in [-0.3, -0.25) is 4.98 Å². The van der Waals surface area contributed by atoms with Crippen molar-refractivity contribution in [3.05, 3.63) is 34.3 Å². The van der Waals surface area contributed by atoms with Gasteiger partial charge < -0.3 is 15.1 Å². The van der Waals surface area contributed by atoms with Gasteiger partial charge in [0.1, 0.15) is 0 Å². The number of hydrogen-bond donors (Lipinski definition) is 2. The summed E-state index contributed by atoms with van der Waals surface area (Å²) >= 11 is 0. The van der Waals surface area contributed by atoms with Gasteiger partial charge in [-0.1, -0.05) is 6.07 Å². The highest BCUT2D eigenvalue weighted by Gasteiger charge is 2.14. The van der Waals surface area contributed by atoms with Gasteiger partial charge in [-0.05, 0) is 51.2 Å². The van der Waals surface area contributed by atoms with Crippen molar-refractivity contribution in [2.75, 3.05) is 20.6 Å². The summed E-state index contributed by atoms with van der Waals surface area (Å²) < 4.78 is 5.09. The largest absolute Gasteiger partial charge is 0.417 e. The molecule has 0 saturated carbocycles. The zero-order valence-electron chi connectivity index (χ0n) is 10.8. The molecule has 0 aliphatic heterocycles. The van der Waals surface area contributed by atoms with Crippen molar-refractivity contribution < 1.29 is 4.42 Å². The molecular formula is C13H19N3O2. The van der Waals surface area contributed by atoms with Crippen molar-refractivity contribution in [3.8, 4) is 0 Å². The lowest BCUT2D eigenvalue weighted by Gasteiger charge is -2.24. The summed E-state index contributed by atoms with van der Waals surface area (Å²) in [6.45, 7) is 0.686. The van der Waals surface area contributed by atoms with Crippen molar-refractivity contribution >= 4 is 11.1 Å². The van der Waals surface area contributed by atoms with E-state index in [-0.39, 0.29) is 6.04 Å². The second-order valence-corrected chi connectivity index (χ2v) is 4.68. The van der Waals surface area contributed by atoms with Crippen LogP contribution in [0.25, 0.3) is 11.1 Å². The number of hydrogen-bond acceptors (Lipinski definition) is 4. The average molecular weight is 249 g/mol. The maximum atomic E-state index is 11.1. The van der Waals surface area contributed by atoms with E-state index in [1.54, 1.807) is 0 Å². The van der Waals surface area contributed by atoms with Crippen LogP contribution in [0, 0.1) is 0 Å². The molecule has 1 heterocycles. The molecule has 1 aromatic carbocycles. The monoisotopic (exact) mass is 249 g/mol. The SMILES string of the molecule is CN(C)C(CCCN)c1ccc2[nH]c(=O)oc2c1. The zero-order valence-corrected chi connectivity index (χ0v) is 10.8. The lowest BCUT2D eigenvalue weighted by atomic mass is 10.0. The zero-order chi connectivity index (χ0) is 13.1. The van der Waals surface area contributed by atoms with Crippen molar-refractivity contribution in [2.24, 2.45) is 5.73 Å². The van der Waals surface area contributed by atoms with E-state index in [1.165, 1.54) is 0 Å². The third-order valence-corrected chi connectivity index (χ3v) is 3.13. The number of fused-ring (bicyclic) bond motifs is 1. The molecule has 2 rings (SSSR count). The van der Waals surface area contributed by atoms with Gasteiger partial charge in [0.25, 0.3) is 0 Å². The van der Waals surface area contributed by atoms with Gasteiger partial charge in [-0.2, -0.15) is 0 Å². The molecule has 2 aromatic rings. The molecule has 0 aliphatic carbocycles. The first-order valence-corrected chi connectivity index (χ1v) is 6.11. The molecule has 1 unspecified atom stereocenters. The first kappa shape index (κ1) is 12.9. The molecule has 0 fully saturated rings. The quantitative estimate of drug-likeness (QED) is 0.841. The van der Waals surface area contributed by atoms with Crippen LogP contribution >= 0.6 is 0 Å². The van der Waals surface area contributed by atoms with Gasteiger partial charge in [0, 0.05) is 6.04 Å². The third-order valence-electron chi connectivity index (χ3n) is 3.13. The summed E-state index contributed by atoms with van der Waals surface area (Å²) in [4.78, 5) is 15.9. The van der Waals surface area contributed by atoms with E-state index in [0.717, 1.165) is 23.9 Å². The van der Waals surface area contributed by atoms with E-state index in [2.05, 4.69) is 9.88 Å². The normalized spacial score (nSPS) is 13.3. The highest BCUT2D eigenvalue weighted by atomic mass is 16.4. The Hall–Kier alpha value is -1.59. The van der Waals surface area contributed by atoms with E-state index in [4.69, 9.17) is 10.2 Å². The fraction of sp³-hybridized carbons (Fsp3) is 0.462. The topological polar surface area (TPSA) is 75.3 Å². The summed E-state index contributed by atoms with van der Waals surface area (Å²) in [5.41, 5.74) is 8.05. The molecule has 5 nitrogen and oxygen atoms in total. The number of aromatic nitrogens is 1. The first-order valence-electron chi connectivity index (χ1n) is 6.11. The Morgan fingerprint density at radius 2 is 2.22 bits per heavy atom. The number of benzene rings is 1. The van der Waals surface area contributed by atoms with Crippen LogP contribution in [0.1, 0.15) is 24.4 Å². The fourth-order valence-corrected chi connectivity index (χ4v) is 2.20. The molecule has 0 radical (unpaired) electrons. The van der Waals surface area contributed by atoms with Crippen molar-refractivity contribution in [3.63, 3.8) is 0 Å². The van der Waals surface area contributed by atoms with E-state index in [1.807, 2.05) is 32.3 Å². The maximum absolute atomic E-state index is 11.1. The number of oxazole rings is 1. The van der Waals surface area contributed by atoms with Crippen LogP contribution < -0.4 is 11.5 Å². The second kappa shape index (κ2) is 5.37. The van der Waals surface area contributed by atoms with Crippen LogP contribution in [0.4, 0.5) is 0 Å². The summed E-state index contributed by atoms with van der Waals surface area (Å²) in [7, 11) is 4.08. The molecule has 1 atom stereocenters. The molecule has 3 N–H and O–H groups in total. The average Bonchev–Trinajstić information content (AvgIpc) is 2.68. The van der Waals surface area contributed by atoms with Gasteiger partial charge >= 0.3 is 5.76 Å². The predicted octanol–water partition coefficient (Wildman–Crippen LogP) is 1.46. The number of H-pyrrole nitrogens is 1. The van der Waals surface area contributed by atoms with Crippen LogP contribution in [-0.4, -0.2) is 30.5 Å². The predicted molar refractivity (Wildman–Crippen MR) is 71.6 cm³/mol. The summed E-state index contributed by atoms with van der Waals surface area (Å²) in [6.07, 6.45) is 1.96. The number of aromatic amines is 1. The Kier molecular flexibility index (Phi) is 3.84. The first-order chi connectivity index (χ1) is 8.61. The van der Waals surface area contributed by atoms with Crippen LogP contribution in [0.5, 0.6) is 0 Å². The minimum absolute atomic E-state index is 0.290. The lowest BCUT2D eigenvalue weighted by molar-refractivity contribution is 0.280. The number of nitrogens with two attached hydrogens (primary N) is 1. The minimum Gasteiger partial charge on any atom is -0.408 e. The molecule has 0 amide bonds. The van der Waals surface area contributed by atoms with Crippen LogP contribution in [0.15, 0.2) is 27.4 Å². The second-order valence-electron chi connectivity index (χ2n) is 4.68. The van der Waals surface area contributed by atoms with Gasteiger partial charge in [0.05, 0.1) is 5.52 Å². The van der Waals surface area contributed by atoms with Gasteiger partial charge in [-0.15, -0.1) is 0 Å². The molecule has 0 aliphatic rings. The van der Waals surface area contributed by atoms with Crippen LogP contribution in [-0.2, 0) is 0 Å². The van der Waals surface area contributed by atoms with E-state index >= 15 is 0 Å². The molecule has 0 spiro atoms. The summed E-state index contributed by atoms with van der Waals surface area (Å²) in [5, 5.41) is 0. The fourth-order valence-electron chi connectivity index (χ4n) is 2.20. The molecule has 5 heteroatoms. The van der Waals surface area contributed by atoms with Gasteiger partial charge in [-0.25, -0.2) is 4.79 Å². The Morgan fingerprint density at radius 1 is 1.44 bits per heavy atom. The number of rotatable bonds is 5. The van der Waals surface area contributed by atoms with Crippen molar-refractivity contribution in [1.82, 2.24) is 9.88 Å². The van der Waals surface area contributed by atoms with Crippen molar-refractivity contribution in [2.45, 2.75) is 18.9 Å². The Balaban J connectivity index is 2.34. The number of nitrogens with one attached hydrogen (secondary N) is 1. The summed E-state index contributed by atoms with van der Waals surface area (Å²) in [6, 6.07) is 6.12. The van der Waals surface area contributed by atoms with Crippen LogP contribution in [0.3, 0.4) is 0 Å². The Labute approximate surface area is 106 Å². The molecule has 18 heavy (non-hydrogen) atoms. The van der Waals surface area contributed by atoms with Crippen LogP contribution in [0.2, 0.25) is 0 Å². The molecule has 1 aromatic heterocycles. The molecule has 98 valence electrons. The van der Waals surface area contributed by atoms with E-state index in [0.29, 0.717) is 12.1 Å². The molecule has 0 bridgehead atoms. The molecular weight excluding hydrogens is 230 g/mol. The van der Waals surface area contributed by atoms with Crippen molar-refractivity contribution in [1.29, 1.82) is 0 Å². The smallest absolute Gasteiger partial charge is 0.408 e. The minimum atomic E-state index is -0.412. The maximum Gasteiger partial charge on any atom is 0.417 e. The third kappa shape index (κ3) is 2.63. The lowest BCUT2D eigenvalue weighted by Crippen LogP contribution is -2.20. The Bertz CT molecular complexity index is 571. The number of nitrogens with zero attached hydrogens (tertiary/aromatic N) is 1. The highest BCUT2D eigenvalue weighted by Crippen LogP contribution is 2.25. The standard InChI is InChI=1S/C13H19N3O2/c1-16(2)11(4-3-7-14)9-5-6-10-12(8-9)18-13(17)15-10/h5-6,8,11H,3-4,7,14H2,1-2H3,(H,15,17). The van der Waals surface area contributed by atoms with Gasteiger partial charge in [0.15, 0.2) is 5.58 Å². The van der Waals surface area contributed by atoms with Gasteiger partial charge in [0.2, 0.25) is 0 Å². The highest BCUT2D eigenvalue weighted by molar-refractivity contribution is 5.72. The van der Waals surface area contributed by atoms with E-state index in [9.17, 15) is 4.79 Å². The Morgan fingerprint density at radius 3 is 2.89 bits per heavy atom.